The standard InChI is InChI=1S/C19H14F4N2O2/c20-15-9-13(8-14(10-15)19(21,22)23)17(26)24-7-6-16-11-27-18(25-16)12-4-2-1-3-5-12/h1-5,8-11H,6-7H2,(H,24,26). The quantitative estimate of drug-likeness (QED) is 0.667. The number of nitrogens with zero attached hydrogens (tertiary/aromatic N) is 1. The van der Waals surface area contributed by atoms with E-state index in [0.717, 1.165) is 11.6 Å². The zero-order valence-corrected chi connectivity index (χ0v) is 13.9. The second-order valence-electron chi connectivity index (χ2n) is 5.74. The number of alkyl halides is 3. The van der Waals surface area contributed by atoms with E-state index in [4.69, 9.17) is 4.42 Å². The first-order valence-corrected chi connectivity index (χ1v) is 7.99. The van der Waals surface area contributed by atoms with E-state index in [0.29, 0.717) is 30.1 Å². The summed E-state index contributed by atoms with van der Waals surface area (Å²) in [5.41, 5.74) is -0.235. The summed E-state index contributed by atoms with van der Waals surface area (Å²) in [7, 11) is 0. The minimum Gasteiger partial charge on any atom is -0.444 e. The Morgan fingerprint density at radius 1 is 1.11 bits per heavy atom. The van der Waals surface area contributed by atoms with Gasteiger partial charge in [-0.05, 0) is 30.3 Å². The lowest BCUT2D eigenvalue weighted by atomic mass is 10.1. The SMILES string of the molecule is O=C(NCCc1coc(-c2ccccc2)n1)c1cc(F)cc(C(F)(F)F)c1. The van der Waals surface area contributed by atoms with Crippen molar-refractivity contribution in [3.8, 4) is 11.5 Å². The summed E-state index contributed by atoms with van der Waals surface area (Å²) in [6.45, 7) is 0.109. The molecule has 8 heteroatoms. The molecule has 0 fully saturated rings. The van der Waals surface area contributed by atoms with Gasteiger partial charge in [0.15, 0.2) is 0 Å². The van der Waals surface area contributed by atoms with Crippen LogP contribution >= 0.6 is 0 Å². The van der Waals surface area contributed by atoms with Crippen LogP contribution in [0, 0.1) is 5.82 Å². The third-order valence-corrected chi connectivity index (χ3v) is 3.73. The molecule has 1 N–H and O–H groups in total. The van der Waals surface area contributed by atoms with Gasteiger partial charge in [0.25, 0.3) is 5.91 Å². The Bertz CT molecular complexity index is 936. The van der Waals surface area contributed by atoms with Crippen molar-refractivity contribution in [1.29, 1.82) is 0 Å². The molecular weight excluding hydrogens is 364 g/mol. The summed E-state index contributed by atoms with van der Waals surface area (Å²) >= 11 is 0. The van der Waals surface area contributed by atoms with Crippen LogP contribution in [-0.2, 0) is 12.6 Å². The monoisotopic (exact) mass is 378 g/mol. The molecule has 0 atom stereocenters. The predicted molar refractivity (Wildman–Crippen MR) is 89.4 cm³/mol. The van der Waals surface area contributed by atoms with E-state index in [1.807, 2.05) is 30.3 Å². The van der Waals surface area contributed by atoms with Crippen LogP contribution in [0.4, 0.5) is 17.6 Å². The van der Waals surface area contributed by atoms with E-state index in [2.05, 4.69) is 10.3 Å². The minimum absolute atomic E-state index is 0.109. The van der Waals surface area contributed by atoms with Gasteiger partial charge >= 0.3 is 6.18 Å². The number of rotatable bonds is 5. The first kappa shape index (κ1) is 18.6. The zero-order chi connectivity index (χ0) is 19.4. The molecule has 3 rings (SSSR count). The molecule has 0 saturated carbocycles. The van der Waals surface area contributed by atoms with Crippen molar-refractivity contribution in [2.75, 3.05) is 6.54 Å². The fourth-order valence-electron chi connectivity index (χ4n) is 2.43. The highest BCUT2D eigenvalue weighted by Crippen LogP contribution is 2.30. The van der Waals surface area contributed by atoms with Gasteiger partial charge in [-0.2, -0.15) is 13.2 Å². The van der Waals surface area contributed by atoms with Gasteiger partial charge in [0.05, 0.1) is 11.3 Å². The average molecular weight is 378 g/mol. The first-order chi connectivity index (χ1) is 12.8. The van der Waals surface area contributed by atoms with Gasteiger partial charge in [-0.15, -0.1) is 0 Å². The number of halogens is 4. The van der Waals surface area contributed by atoms with Crippen LogP contribution in [0.2, 0.25) is 0 Å². The van der Waals surface area contributed by atoms with Crippen molar-refractivity contribution in [3.63, 3.8) is 0 Å². The van der Waals surface area contributed by atoms with Crippen LogP contribution in [0.15, 0.2) is 59.2 Å². The Kier molecular flexibility index (Phi) is 5.25. The van der Waals surface area contributed by atoms with Crippen molar-refractivity contribution in [2.45, 2.75) is 12.6 Å². The first-order valence-electron chi connectivity index (χ1n) is 7.99. The number of hydrogen-bond acceptors (Lipinski definition) is 3. The van der Waals surface area contributed by atoms with E-state index in [1.165, 1.54) is 6.26 Å². The normalized spacial score (nSPS) is 11.4. The second-order valence-corrected chi connectivity index (χ2v) is 5.74. The molecule has 1 aromatic heterocycles. The van der Waals surface area contributed by atoms with E-state index in [1.54, 1.807) is 0 Å². The molecule has 0 aliphatic carbocycles. The van der Waals surface area contributed by atoms with Gasteiger partial charge < -0.3 is 9.73 Å². The number of amides is 1. The summed E-state index contributed by atoms with van der Waals surface area (Å²) in [5, 5.41) is 2.45. The lowest BCUT2D eigenvalue weighted by Gasteiger charge is -2.09. The number of carbonyl (C=O) groups excluding carboxylic acids is 1. The average Bonchev–Trinajstić information content (AvgIpc) is 3.10. The van der Waals surface area contributed by atoms with E-state index >= 15 is 0 Å². The number of hydrogen-bond donors (Lipinski definition) is 1. The Morgan fingerprint density at radius 2 is 1.85 bits per heavy atom. The Morgan fingerprint density at radius 3 is 2.56 bits per heavy atom. The summed E-state index contributed by atoms with van der Waals surface area (Å²) in [4.78, 5) is 16.3. The highest BCUT2D eigenvalue weighted by molar-refractivity contribution is 5.94. The smallest absolute Gasteiger partial charge is 0.416 e. The number of benzene rings is 2. The summed E-state index contributed by atoms with van der Waals surface area (Å²) < 4.78 is 56.9. The van der Waals surface area contributed by atoms with Gasteiger partial charge in [0.2, 0.25) is 5.89 Å². The van der Waals surface area contributed by atoms with Crippen molar-refractivity contribution >= 4 is 5.91 Å². The van der Waals surface area contributed by atoms with Crippen LogP contribution in [0.1, 0.15) is 21.6 Å². The lowest BCUT2D eigenvalue weighted by molar-refractivity contribution is -0.137. The largest absolute Gasteiger partial charge is 0.444 e. The lowest BCUT2D eigenvalue weighted by Crippen LogP contribution is -2.26. The summed E-state index contributed by atoms with van der Waals surface area (Å²) in [5.74, 6) is -1.50. The molecule has 0 unspecified atom stereocenters. The van der Waals surface area contributed by atoms with E-state index in [-0.39, 0.29) is 6.54 Å². The maximum Gasteiger partial charge on any atom is 0.416 e. The topological polar surface area (TPSA) is 55.1 Å². The van der Waals surface area contributed by atoms with Gasteiger partial charge in [0.1, 0.15) is 12.1 Å². The minimum atomic E-state index is -4.73. The number of carbonyl (C=O) groups is 1. The highest BCUT2D eigenvalue weighted by Gasteiger charge is 2.32. The second kappa shape index (κ2) is 7.61. The molecule has 3 aromatic rings. The van der Waals surface area contributed by atoms with E-state index in [9.17, 15) is 22.4 Å². The molecule has 27 heavy (non-hydrogen) atoms. The van der Waals surface area contributed by atoms with Gasteiger partial charge in [-0.1, -0.05) is 18.2 Å². The van der Waals surface area contributed by atoms with Crippen molar-refractivity contribution in [2.24, 2.45) is 0 Å². The van der Waals surface area contributed by atoms with Gasteiger partial charge in [0, 0.05) is 24.1 Å². The maximum atomic E-state index is 13.4. The zero-order valence-electron chi connectivity index (χ0n) is 13.9. The van der Waals surface area contributed by atoms with Crippen molar-refractivity contribution in [3.05, 3.63) is 77.4 Å². The molecular formula is C19H14F4N2O2. The van der Waals surface area contributed by atoms with Crippen molar-refractivity contribution < 1.29 is 26.8 Å². The van der Waals surface area contributed by atoms with Crippen LogP contribution < -0.4 is 5.32 Å². The molecule has 4 nitrogen and oxygen atoms in total. The van der Waals surface area contributed by atoms with Crippen molar-refractivity contribution in [1.82, 2.24) is 10.3 Å². The summed E-state index contributed by atoms with van der Waals surface area (Å²) in [6.07, 6.45) is -2.98. The third-order valence-electron chi connectivity index (χ3n) is 3.73. The van der Waals surface area contributed by atoms with E-state index < -0.39 is 29.0 Å². The Hall–Kier alpha value is -3.16. The van der Waals surface area contributed by atoms with Gasteiger partial charge in [-0.3, -0.25) is 4.79 Å². The van der Waals surface area contributed by atoms with Crippen LogP contribution in [0.25, 0.3) is 11.5 Å². The highest BCUT2D eigenvalue weighted by atomic mass is 19.4. The maximum absolute atomic E-state index is 13.4. The Labute approximate surface area is 151 Å². The molecule has 1 heterocycles. The fourth-order valence-corrected chi connectivity index (χ4v) is 2.43. The molecule has 0 spiro atoms. The molecule has 1 amide bonds. The molecule has 0 aliphatic heterocycles. The fraction of sp³-hybridized carbons (Fsp3) is 0.158. The molecule has 0 saturated heterocycles. The molecule has 0 aliphatic rings. The van der Waals surface area contributed by atoms with Crippen LogP contribution in [-0.4, -0.2) is 17.4 Å². The molecule has 0 bridgehead atoms. The number of oxazole rings is 1. The summed E-state index contributed by atoms with van der Waals surface area (Å²) in [6, 6.07) is 10.9. The third kappa shape index (κ3) is 4.72. The number of nitrogens with one attached hydrogen (secondary N) is 1. The molecule has 140 valence electrons. The predicted octanol–water partition coefficient (Wildman–Crippen LogP) is 4.47. The molecule has 2 aromatic carbocycles. The van der Waals surface area contributed by atoms with Gasteiger partial charge in [-0.25, -0.2) is 9.37 Å². The number of aromatic nitrogens is 1. The van der Waals surface area contributed by atoms with Crippen LogP contribution in [0.3, 0.4) is 0 Å². The Balaban J connectivity index is 1.61. The van der Waals surface area contributed by atoms with Crippen LogP contribution in [0.5, 0.6) is 0 Å². The molecule has 0 radical (unpaired) electrons.